The van der Waals surface area contributed by atoms with Gasteiger partial charge in [-0.1, -0.05) is 0 Å². The van der Waals surface area contributed by atoms with Gasteiger partial charge in [-0.3, -0.25) is 4.79 Å². The van der Waals surface area contributed by atoms with Crippen molar-refractivity contribution in [2.45, 2.75) is 20.3 Å². The Hall–Kier alpha value is -1.61. The molecule has 0 radical (unpaired) electrons. The minimum Gasteiger partial charge on any atom is -0.496 e. The number of hydrogen-bond acceptors (Lipinski definition) is 3. The van der Waals surface area contributed by atoms with E-state index in [2.05, 4.69) is 0 Å². The van der Waals surface area contributed by atoms with E-state index >= 15 is 0 Å². The molecule has 1 aromatic heterocycles. The third-order valence-corrected chi connectivity index (χ3v) is 3.72. The molecule has 0 aliphatic carbocycles. The van der Waals surface area contributed by atoms with Gasteiger partial charge in [-0.05, 0) is 59.5 Å². The monoisotopic (exact) mass is 260 g/mol. The molecule has 1 heterocycles. The minimum atomic E-state index is 0.164. The summed E-state index contributed by atoms with van der Waals surface area (Å²) in [5.74, 6) is 0.997. The lowest BCUT2D eigenvalue weighted by Gasteiger charge is -2.10. The first-order chi connectivity index (χ1) is 8.61. The van der Waals surface area contributed by atoms with E-state index in [4.69, 9.17) is 4.74 Å². The smallest absolute Gasteiger partial charge is 0.167 e. The van der Waals surface area contributed by atoms with Crippen LogP contribution in [0.3, 0.4) is 0 Å². The second-order valence-electron chi connectivity index (χ2n) is 4.37. The number of Topliss-reactive ketones (excluding diaryl/α,β-unsaturated/α-hetero) is 1. The summed E-state index contributed by atoms with van der Waals surface area (Å²) in [5, 5.41) is 4.01. The van der Waals surface area contributed by atoms with Crippen LogP contribution < -0.4 is 4.74 Å². The zero-order valence-corrected chi connectivity index (χ0v) is 11.6. The summed E-state index contributed by atoms with van der Waals surface area (Å²) in [5.41, 5.74) is 3.84. The first-order valence-corrected chi connectivity index (χ1v) is 6.75. The number of carbonyl (C=O) groups is 1. The maximum absolute atomic E-state index is 12.2. The van der Waals surface area contributed by atoms with Crippen molar-refractivity contribution >= 4 is 17.1 Å². The fourth-order valence-corrected chi connectivity index (χ4v) is 2.65. The first kappa shape index (κ1) is 12.8. The van der Waals surface area contributed by atoms with Crippen LogP contribution >= 0.6 is 11.3 Å². The van der Waals surface area contributed by atoms with Crippen LogP contribution in [0.1, 0.15) is 27.0 Å². The van der Waals surface area contributed by atoms with Gasteiger partial charge in [0.15, 0.2) is 5.78 Å². The zero-order chi connectivity index (χ0) is 13.1. The molecule has 0 N–H and O–H groups in total. The predicted octanol–water partition coefficient (Wildman–Crippen LogP) is 3.80. The topological polar surface area (TPSA) is 26.3 Å². The normalized spacial score (nSPS) is 10.4. The van der Waals surface area contributed by atoms with Crippen molar-refractivity contribution in [1.29, 1.82) is 0 Å². The van der Waals surface area contributed by atoms with E-state index < -0.39 is 0 Å². The summed E-state index contributed by atoms with van der Waals surface area (Å²) in [7, 11) is 1.65. The lowest BCUT2D eigenvalue weighted by atomic mass is 9.98. The second-order valence-corrected chi connectivity index (χ2v) is 5.15. The van der Waals surface area contributed by atoms with Crippen LogP contribution in [0, 0.1) is 13.8 Å². The lowest BCUT2D eigenvalue weighted by Crippen LogP contribution is -2.06. The molecular weight excluding hydrogens is 244 g/mol. The number of benzene rings is 1. The zero-order valence-electron chi connectivity index (χ0n) is 10.8. The Morgan fingerprint density at radius 3 is 2.67 bits per heavy atom. The van der Waals surface area contributed by atoms with Gasteiger partial charge < -0.3 is 4.74 Å². The maximum Gasteiger partial charge on any atom is 0.167 e. The molecule has 0 unspecified atom stereocenters. The van der Waals surface area contributed by atoms with E-state index in [9.17, 15) is 4.79 Å². The summed E-state index contributed by atoms with van der Waals surface area (Å²) in [6.07, 6.45) is 0.468. The molecule has 1 aromatic carbocycles. The molecule has 2 nitrogen and oxygen atoms in total. The van der Waals surface area contributed by atoms with Crippen LogP contribution in [0.25, 0.3) is 0 Å². The molecule has 0 aliphatic heterocycles. The highest BCUT2D eigenvalue weighted by molar-refractivity contribution is 7.08. The van der Waals surface area contributed by atoms with E-state index in [0.717, 1.165) is 28.0 Å². The average molecular weight is 260 g/mol. The number of thiophene rings is 1. The standard InChI is InChI=1S/C15H16O2S/c1-10-7-15(17-3)11(2)6-13(10)14(16)8-12-4-5-18-9-12/h4-7,9H,8H2,1-3H3. The third-order valence-electron chi connectivity index (χ3n) is 2.99. The van der Waals surface area contributed by atoms with Crippen molar-refractivity contribution in [2.24, 2.45) is 0 Å². The second kappa shape index (κ2) is 5.36. The molecule has 0 fully saturated rings. The maximum atomic E-state index is 12.2. The molecule has 2 aromatic rings. The minimum absolute atomic E-state index is 0.164. The molecule has 0 aliphatic rings. The highest BCUT2D eigenvalue weighted by Gasteiger charge is 2.12. The van der Waals surface area contributed by atoms with Gasteiger partial charge in [-0.15, -0.1) is 0 Å². The molecule has 0 bridgehead atoms. The third kappa shape index (κ3) is 2.62. The summed E-state index contributed by atoms with van der Waals surface area (Å²) < 4.78 is 5.26. The summed E-state index contributed by atoms with van der Waals surface area (Å²) in [6.45, 7) is 3.91. The molecule has 18 heavy (non-hydrogen) atoms. The van der Waals surface area contributed by atoms with E-state index in [1.807, 2.05) is 42.8 Å². The van der Waals surface area contributed by atoms with Gasteiger partial charge in [0, 0.05) is 12.0 Å². The molecule has 0 amide bonds. The number of ketones is 1. The fraction of sp³-hybridized carbons (Fsp3) is 0.267. The molecule has 0 atom stereocenters. The Morgan fingerprint density at radius 2 is 2.06 bits per heavy atom. The van der Waals surface area contributed by atoms with E-state index in [1.165, 1.54) is 0 Å². The van der Waals surface area contributed by atoms with Crippen LogP contribution in [0.4, 0.5) is 0 Å². The van der Waals surface area contributed by atoms with Crippen LogP contribution in [-0.4, -0.2) is 12.9 Å². The summed E-state index contributed by atoms with van der Waals surface area (Å²) in [4.78, 5) is 12.2. The van der Waals surface area contributed by atoms with Gasteiger partial charge >= 0.3 is 0 Å². The molecule has 2 rings (SSSR count). The molecular formula is C15H16O2S. The Morgan fingerprint density at radius 1 is 1.28 bits per heavy atom. The fourth-order valence-electron chi connectivity index (χ4n) is 1.98. The van der Waals surface area contributed by atoms with Crippen molar-refractivity contribution in [3.63, 3.8) is 0 Å². The Labute approximate surface area is 111 Å². The van der Waals surface area contributed by atoms with Gasteiger partial charge in [-0.25, -0.2) is 0 Å². The molecule has 0 saturated heterocycles. The van der Waals surface area contributed by atoms with Gasteiger partial charge in [-0.2, -0.15) is 11.3 Å². The van der Waals surface area contributed by atoms with Gasteiger partial charge in [0.2, 0.25) is 0 Å². The summed E-state index contributed by atoms with van der Waals surface area (Å²) in [6, 6.07) is 5.84. The van der Waals surface area contributed by atoms with Crippen LogP contribution in [0.2, 0.25) is 0 Å². The number of methoxy groups -OCH3 is 1. The number of aryl methyl sites for hydroxylation is 2. The molecule has 0 spiro atoms. The average Bonchev–Trinajstić information content (AvgIpc) is 2.84. The largest absolute Gasteiger partial charge is 0.496 e. The van der Waals surface area contributed by atoms with Gasteiger partial charge in [0.25, 0.3) is 0 Å². The van der Waals surface area contributed by atoms with Crippen molar-refractivity contribution in [3.05, 3.63) is 51.2 Å². The van der Waals surface area contributed by atoms with Crippen LogP contribution in [-0.2, 0) is 6.42 Å². The predicted molar refractivity (Wildman–Crippen MR) is 74.8 cm³/mol. The Balaban J connectivity index is 2.28. The Bertz CT molecular complexity index is 556. The van der Waals surface area contributed by atoms with Gasteiger partial charge in [0.1, 0.15) is 5.75 Å². The number of carbonyl (C=O) groups excluding carboxylic acids is 1. The number of rotatable bonds is 4. The lowest BCUT2D eigenvalue weighted by molar-refractivity contribution is 0.0992. The van der Waals surface area contributed by atoms with Gasteiger partial charge in [0.05, 0.1) is 7.11 Å². The number of hydrogen-bond donors (Lipinski definition) is 0. The summed E-state index contributed by atoms with van der Waals surface area (Å²) >= 11 is 1.62. The van der Waals surface area contributed by atoms with Crippen molar-refractivity contribution < 1.29 is 9.53 Å². The molecule has 94 valence electrons. The Kier molecular flexibility index (Phi) is 3.82. The van der Waals surface area contributed by atoms with E-state index in [0.29, 0.717) is 6.42 Å². The number of ether oxygens (including phenoxy) is 1. The SMILES string of the molecule is COc1cc(C)c(C(=O)Cc2ccsc2)cc1C. The molecule has 0 saturated carbocycles. The molecule has 3 heteroatoms. The quantitative estimate of drug-likeness (QED) is 0.782. The van der Waals surface area contributed by atoms with Crippen LogP contribution in [0.5, 0.6) is 5.75 Å². The van der Waals surface area contributed by atoms with E-state index in [1.54, 1.807) is 18.4 Å². The van der Waals surface area contributed by atoms with Crippen LogP contribution in [0.15, 0.2) is 29.0 Å². The highest BCUT2D eigenvalue weighted by atomic mass is 32.1. The first-order valence-electron chi connectivity index (χ1n) is 5.81. The van der Waals surface area contributed by atoms with Crippen molar-refractivity contribution in [1.82, 2.24) is 0 Å². The highest BCUT2D eigenvalue weighted by Crippen LogP contribution is 2.23. The van der Waals surface area contributed by atoms with Crippen molar-refractivity contribution in [3.8, 4) is 5.75 Å². The van der Waals surface area contributed by atoms with E-state index in [-0.39, 0.29) is 5.78 Å². The van der Waals surface area contributed by atoms with Crippen molar-refractivity contribution in [2.75, 3.05) is 7.11 Å².